The minimum absolute atomic E-state index is 0.643. The quantitative estimate of drug-likeness (QED) is 0.882. The SMILES string of the molecule is Clc1cccc(Cl)c1CNCc1cn[nH]c1. The van der Waals surface area contributed by atoms with Crippen molar-refractivity contribution in [2.24, 2.45) is 0 Å². The first-order chi connectivity index (χ1) is 7.77. The summed E-state index contributed by atoms with van der Waals surface area (Å²) in [6.45, 7) is 1.38. The molecule has 0 amide bonds. The van der Waals surface area contributed by atoms with Gasteiger partial charge < -0.3 is 5.32 Å². The van der Waals surface area contributed by atoms with Crippen LogP contribution in [0.4, 0.5) is 0 Å². The molecular formula is C11H11Cl2N3. The highest BCUT2D eigenvalue weighted by atomic mass is 35.5. The first-order valence-corrected chi connectivity index (χ1v) is 5.64. The number of rotatable bonds is 4. The number of aromatic nitrogens is 2. The number of halogens is 2. The largest absolute Gasteiger partial charge is 0.308 e. The lowest BCUT2D eigenvalue weighted by Crippen LogP contribution is -2.12. The highest BCUT2D eigenvalue weighted by molar-refractivity contribution is 6.35. The fraction of sp³-hybridized carbons (Fsp3) is 0.182. The molecule has 2 aromatic rings. The van der Waals surface area contributed by atoms with Gasteiger partial charge in [0.05, 0.1) is 6.20 Å². The molecule has 0 aliphatic heterocycles. The van der Waals surface area contributed by atoms with Gasteiger partial charge in [0.2, 0.25) is 0 Å². The van der Waals surface area contributed by atoms with Gasteiger partial charge in [-0.3, -0.25) is 5.10 Å². The van der Waals surface area contributed by atoms with E-state index in [2.05, 4.69) is 15.5 Å². The second-order valence-corrected chi connectivity index (χ2v) is 4.22. The van der Waals surface area contributed by atoms with Gasteiger partial charge in [-0.25, -0.2) is 0 Å². The Bertz CT molecular complexity index is 434. The molecule has 0 fully saturated rings. The minimum atomic E-state index is 0.643. The topological polar surface area (TPSA) is 40.7 Å². The lowest BCUT2D eigenvalue weighted by Gasteiger charge is -2.07. The van der Waals surface area contributed by atoms with Crippen molar-refractivity contribution in [3.63, 3.8) is 0 Å². The second-order valence-electron chi connectivity index (χ2n) is 3.41. The van der Waals surface area contributed by atoms with Crippen LogP contribution in [-0.4, -0.2) is 10.2 Å². The van der Waals surface area contributed by atoms with Crippen LogP contribution in [0.2, 0.25) is 10.0 Å². The van der Waals surface area contributed by atoms with Gasteiger partial charge in [-0.05, 0) is 12.1 Å². The van der Waals surface area contributed by atoms with Gasteiger partial charge in [0, 0.05) is 40.5 Å². The number of hydrogen-bond acceptors (Lipinski definition) is 2. The molecule has 0 atom stereocenters. The van der Waals surface area contributed by atoms with Crippen molar-refractivity contribution >= 4 is 23.2 Å². The Labute approximate surface area is 104 Å². The minimum Gasteiger partial charge on any atom is -0.308 e. The average molecular weight is 256 g/mol. The summed E-state index contributed by atoms with van der Waals surface area (Å²) >= 11 is 12.1. The average Bonchev–Trinajstić information content (AvgIpc) is 2.75. The Morgan fingerprint density at radius 1 is 1.19 bits per heavy atom. The molecule has 0 aliphatic rings. The van der Waals surface area contributed by atoms with Crippen LogP contribution in [0.3, 0.4) is 0 Å². The zero-order chi connectivity index (χ0) is 11.4. The number of nitrogens with zero attached hydrogens (tertiary/aromatic N) is 1. The zero-order valence-corrected chi connectivity index (χ0v) is 10.0. The van der Waals surface area contributed by atoms with Crippen molar-refractivity contribution in [1.29, 1.82) is 0 Å². The van der Waals surface area contributed by atoms with Crippen LogP contribution in [0.15, 0.2) is 30.6 Å². The van der Waals surface area contributed by atoms with Crippen molar-refractivity contribution in [2.75, 3.05) is 0 Å². The summed E-state index contributed by atoms with van der Waals surface area (Å²) in [5.41, 5.74) is 2.03. The molecule has 1 heterocycles. The highest BCUT2D eigenvalue weighted by Crippen LogP contribution is 2.23. The molecule has 1 aromatic carbocycles. The van der Waals surface area contributed by atoms with Crippen LogP contribution < -0.4 is 5.32 Å². The van der Waals surface area contributed by atoms with E-state index < -0.39 is 0 Å². The van der Waals surface area contributed by atoms with Crippen LogP contribution in [0.5, 0.6) is 0 Å². The van der Waals surface area contributed by atoms with E-state index in [4.69, 9.17) is 23.2 Å². The monoisotopic (exact) mass is 255 g/mol. The first-order valence-electron chi connectivity index (χ1n) is 4.88. The third kappa shape index (κ3) is 2.76. The van der Waals surface area contributed by atoms with Crippen molar-refractivity contribution in [2.45, 2.75) is 13.1 Å². The maximum atomic E-state index is 6.05. The molecule has 1 aromatic heterocycles. The predicted molar refractivity (Wildman–Crippen MR) is 65.6 cm³/mol. The first kappa shape index (κ1) is 11.5. The Morgan fingerprint density at radius 3 is 2.56 bits per heavy atom. The Balaban J connectivity index is 1.95. The van der Waals surface area contributed by atoms with E-state index in [1.165, 1.54) is 0 Å². The summed E-state index contributed by atoms with van der Waals surface area (Å²) < 4.78 is 0. The van der Waals surface area contributed by atoms with E-state index in [0.717, 1.165) is 17.7 Å². The van der Waals surface area contributed by atoms with Crippen LogP contribution in [-0.2, 0) is 13.1 Å². The summed E-state index contributed by atoms with van der Waals surface area (Å²) in [4.78, 5) is 0. The van der Waals surface area contributed by atoms with Crippen LogP contribution in [0.25, 0.3) is 0 Å². The van der Waals surface area contributed by atoms with Crippen molar-refractivity contribution in [3.8, 4) is 0 Å². The van der Waals surface area contributed by atoms with Gasteiger partial charge in [0.1, 0.15) is 0 Å². The number of nitrogens with one attached hydrogen (secondary N) is 2. The molecule has 3 nitrogen and oxygen atoms in total. The number of hydrogen-bond donors (Lipinski definition) is 2. The lowest BCUT2D eigenvalue weighted by atomic mass is 10.2. The summed E-state index contributed by atoms with van der Waals surface area (Å²) in [5, 5.41) is 11.3. The van der Waals surface area contributed by atoms with Gasteiger partial charge in [0.15, 0.2) is 0 Å². The van der Waals surface area contributed by atoms with Gasteiger partial charge in [-0.15, -0.1) is 0 Å². The standard InChI is InChI=1S/C11H11Cl2N3/c12-10-2-1-3-11(13)9(10)7-14-4-8-5-15-16-6-8/h1-3,5-6,14H,4,7H2,(H,15,16). The Morgan fingerprint density at radius 2 is 1.94 bits per heavy atom. The molecule has 0 saturated heterocycles. The molecular weight excluding hydrogens is 245 g/mol. The molecule has 2 N–H and O–H groups in total. The zero-order valence-electron chi connectivity index (χ0n) is 8.50. The molecule has 0 saturated carbocycles. The fourth-order valence-corrected chi connectivity index (χ4v) is 1.94. The molecule has 0 spiro atoms. The van der Waals surface area contributed by atoms with Crippen LogP contribution in [0, 0.1) is 0 Å². The van der Waals surface area contributed by atoms with E-state index >= 15 is 0 Å². The molecule has 0 unspecified atom stereocenters. The summed E-state index contributed by atoms with van der Waals surface area (Å²) in [7, 11) is 0. The molecule has 2 rings (SSSR count). The van der Waals surface area contributed by atoms with E-state index in [1.807, 2.05) is 24.4 Å². The maximum absolute atomic E-state index is 6.05. The number of benzene rings is 1. The Hall–Kier alpha value is -1.03. The Kier molecular flexibility index (Phi) is 3.83. The van der Waals surface area contributed by atoms with Gasteiger partial charge >= 0.3 is 0 Å². The smallest absolute Gasteiger partial charge is 0.0532 e. The number of H-pyrrole nitrogens is 1. The third-order valence-electron chi connectivity index (χ3n) is 2.25. The van der Waals surface area contributed by atoms with E-state index in [9.17, 15) is 0 Å². The van der Waals surface area contributed by atoms with E-state index in [1.54, 1.807) is 6.20 Å². The van der Waals surface area contributed by atoms with Crippen LogP contribution in [0.1, 0.15) is 11.1 Å². The predicted octanol–water partition coefficient (Wildman–Crippen LogP) is 3.01. The molecule has 5 heteroatoms. The number of aromatic amines is 1. The van der Waals surface area contributed by atoms with Gasteiger partial charge in [-0.1, -0.05) is 29.3 Å². The molecule has 16 heavy (non-hydrogen) atoms. The summed E-state index contributed by atoms with van der Waals surface area (Å²) in [6.07, 6.45) is 3.63. The highest BCUT2D eigenvalue weighted by Gasteiger charge is 2.04. The third-order valence-corrected chi connectivity index (χ3v) is 2.96. The van der Waals surface area contributed by atoms with Gasteiger partial charge in [0.25, 0.3) is 0 Å². The van der Waals surface area contributed by atoms with Crippen LogP contribution >= 0.6 is 23.2 Å². The lowest BCUT2D eigenvalue weighted by molar-refractivity contribution is 0.694. The van der Waals surface area contributed by atoms with Crippen molar-refractivity contribution in [3.05, 3.63) is 51.8 Å². The van der Waals surface area contributed by atoms with Gasteiger partial charge in [-0.2, -0.15) is 5.10 Å². The molecule has 0 aliphatic carbocycles. The summed E-state index contributed by atoms with van der Waals surface area (Å²) in [5.74, 6) is 0. The van der Waals surface area contributed by atoms with Crippen molar-refractivity contribution < 1.29 is 0 Å². The normalized spacial score (nSPS) is 10.6. The van der Waals surface area contributed by atoms with E-state index in [-0.39, 0.29) is 0 Å². The molecule has 0 bridgehead atoms. The maximum Gasteiger partial charge on any atom is 0.0532 e. The van der Waals surface area contributed by atoms with E-state index in [0.29, 0.717) is 16.6 Å². The fourth-order valence-electron chi connectivity index (χ4n) is 1.41. The second kappa shape index (κ2) is 5.34. The molecule has 0 radical (unpaired) electrons. The summed E-state index contributed by atoms with van der Waals surface area (Å²) in [6, 6.07) is 5.51. The van der Waals surface area contributed by atoms with Crippen molar-refractivity contribution in [1.82, 2.24) is 15.5 Å². The molecule has 84 valence electrons.